The lowest BCUT2D eigenvalue weighted by Crippen LogP contribution is -2.02. The number of benzene rings is 2. The zero-order valence-corrected chi connectivity index (χ0v) is 20.1. The summed E-state index contributed by atoms with van der Waals surface area (Å²) >= 11 is 7.72. The van der Waals surface area contributed by atoms with Crippen LogP contribution in [0.3, 0.4) is 0 Å². The van der Waals surface area contributed by atoms with Crippen LogP contribution in [0.5, 0.6) is 5.75 Å². The molecule has 0 spiro atoms. The number of thiophene rings is 1. The molecule has 0 saturated heterocycles. The van der Waals surface area contributed by atoms with Crippen LogP contribution in [0.15, 0.2) is 54.9 Å². The molecule has 0 fully saturated rings. The maximum atomic E-state index is 13.3. The number of hydrogen-bond donors (Lipinski definition) is 1. The lowest BCUT2D eigenvalue weighted by molar-refractivity contribution is 0.306. The maximum absolute atomic E-state index is 13.3. The minimum absolute atomic E-state index is 0.185. The van der Waals surface area contributed by atoms with Gasteiger partial charge in [0.2, 0.25) is 0 Å². The fourth-order valence-electron chi connectivity index (χ4n) is 2.90. The predicted molar refractivity (Wildman–Crippen MR) is 131 cm³/mol. The molecule has 2 aromatic heterocycles. The number of halogens is 2. The van der Waals surface area contributed by atoms with Crippen molar-refractivity contribution in [1.82, 2.24) is 9.97 Å². The number of anilines is 2. The summed E-state index contributed by atoms with van der Waals surface area (Å²) in [6.07, 6.45) is 2.40. The first-order valence-electron chi connectivity index (χ1n) is 9.78. The predicted octanol–water partition coefficient (Wildman–Crippen LogP) is 5.13. The molecule has 34 heavy (non-hydrogen) atoms. The molecule has 1 N–H and O–H groups in total. The van der Waals surface area contributed by atoms with E-state index in [1.807, 2.05) is 6.07 Å². The van der Waals surface area contributed by atoms with Gasteiger partial charge in [0.25, 0.3) is 10.1 Å². The smallest absolute Gasteiger partial charge is 0.265 e. The van der Waals surface area contributed by atoms with Crippen molar-refractivity contribution >= 4 is 54.8 Å². The quantitative estimate of drug-likeness (QED) is 0.268. The number of aromatic nitrogens is 2. The largest absolute Gasteiger partial charge is 0.487 e. The van der Waals surface area contributed by atoms with Gasteiger partial charge in [0.05, 0.1) is 21.5 Å². The molecule has 0 aliphatic heterocycles. The van der Waals surface area contributed by atoms with Gasteiger partial charge in [-0.05, 0) is 42.0 Å². The molecule has 0 aliphatic rings. The molecule has 0 atom stereocenters. The zero-order chi connectivity index (χ0) is 24.1. The van der Waals surface area contributed by atoms with E-state index in [9.17, 15) is 12.8 Å². The van der Waals surface area contributed by atoms with Gasteiger partial charge in [-0.2, -0.15) is 8.42 Å². The fourth-order valence-corrected chi connectivity index (χ4v) is 4.28. The van der Waals surface area contributed by atoms with E-state index in [-0.39, 0.29) is 19.0 Å². The van der Waals surface area contributed by atoms with Crippen LogP contribution in [0, 0.1) is 17.7 Å². The molecule has 2 heterocycles. The summed E-state index contributed by atoms with van der Waals surface area (Å²) in [5.74, 6) is 6.24. The van der Waals surface area contributed by atoms with E-state index in [1.54, 1.807) is 30.3 Å². The minimum Gasteiger partial charge on any atom is -0.487 e. The average Bonchev–Trinajstić information content (AvgIpc) is 3.20. The minimum atomic E-state index is -3.54. The van der Waals surface area contributed by atoms with Gasteiger partial charge < -0.3 is 10.1 Å². The molecule has 2 aromatic carbocycles. The molecule has 4 rings (SSSR count). The Morgan fingerprint density at radius 3 is 2.79 bits per heavy atom. The van der Waals surface area contributed by atoms with Crippen LogP contribution in [-0.4, -0.2) is 31.2 Å². The van der Waals surface area contributed by atoms with Gasteiger partial charge in [-0.1, -0.05) is 35.6 Å². The molecule has 0 unspecified atom stereocenters. The van der Waals surface area contributed by atoms with Gasteiger partial charge >= 0.3 is 0 Å². The van der Waals surface area contributed by atoms with Crippen LogP contribution in [0.4, 0.5) is 15.9 Å². The van der Waals surface area contributed by atoms with Gasteiger partial charge in [0, 0.05) is 5.69 Å². The van der Waals surface area contributed by atoms with Crippen LogP contribution in [0.2, 0.25) is 5.02 Å². The second-order valence-electron chi connectivity index (χ2n) is 7.01. The van der Waals surface area contributed by atoms with Crippen LogP contribution in [-0.2, 0) is 20.9 Å². The Morgan fingerprint density at radius 2 is 2.03 bits per heavy atom. The lowest BCUT2D eigenvalue weighted by atomic mass is 10.2. The number of hydrogen-bond acceptors (Lipinski definition) is 8. The highest BCUT2D eigenvalue weighted by molar-refractivity contribution is 7.86. The molecule has 174 valence electrons. The molecule has 7 nitrogen and oxygen atoms in total. The average molecular weight is 518 g/mol. The maximum Gasteiger partial charge on any atom is 0.265 e. The first-order valence-corrected chi connectivity index (χ1v) is 12.8. The number of fused-ring (bicyclic) bond motifs is 1. The monoisotopic (exact) mass is 517 g/mol. The summed E-state index contributed by atoms with van der Waals surface area (Å²) in [6, 6.07) is 13.2. The third-order valence-corrected chi connectivity index (χ3v) is 6.16. The lowest BCUT2D eigenvalue weighted by Gasteiger charge is -2.11. The molecule has 4 aromatic rings. The summed E-state index contributed by atoms with van der Waals surface area (Å²) in [7, 11) is -3.54. The molecular weight excluding hydrogens is 501 g/mol. The molecule has 0 radical (unpaired) electrons. The van der Waals surface area contributed by atoms with Crippen LogP contribution < -0.4 is 10.1 Å². The fraction of sp³-hybridized carbons (Fsp3) is 0.130. The van der Waals surface area contributed by atoms with Crippen LogP contribution in [0.1, 0.15) is 10.4 Å². The number of nitrogens with one attached hydrogen (secondary N) is 1. The van der Waals surface area contributed by atoms with E-state index in [2.05, 4.69) is 31.3 Å². The highest BCUT2D eigenvalue weighted by Crippen LogP contribution is 2.33. The van der Waals surface area contributed by atoms with E-state index in [0.717, 1.165) is 11.6 Å². The molecule has 0 bridgehead atoms. The Morgan fingerprint density at radius 1 is 1.18 bits per heavy atom. The first kappa shape index (κ1) is 23.9. The van der Waals surface area contributed by atoms with Crippen molar-refractivity contribution in [2.75, 3.05) is 18.2 Å². The Balaban J connectivity index is 1.47. The Labute approximate surface area is 204 Å². The van der Waals surface area contributed by atoms with Crippen LogP contribution >= 0.6 is 22.9 Å². The van der Waals surface area contributed by atoms with Crippen molar-refractivity contribution in [3.05, 3.63) is 76.1 Å². The SMILES string of the molecule is CS(=O)(=O)OCC#Cc1cc2c(Nc3ccc(OCc4cccc(F)c4)c(Cl)c3)ncnc2s1. The van der Waals surface area contributed by atoms with E-state index >= 15 is 0 Å². The number of ether oxygens (including phenoxy) is 1. The van der Waals surface area contributed by atoms with Crippen molar-refractivity contribution in [3.63, 3.8) is 0 Å². The Kier molecular flexibility index (Phi) is 7.29. The van der Waals surface area contributed by atoms with Crippen molar-refractivity contribution in [2.24, 2.45) is 0 Å². The topological polar surface area (TPSA) is 90.4 Å². The zero-order valence-electron chi connectivity index (χ0n) is 17.7. The van der Waals surface area contributed by atoms with Crippen molar-refractivity contribution in [2.45, 2.75) is 6.61 Å². The highest BCUT2D eigenvalue weighted by atomic mass is 35.5. The Bertz CT molecular complexity index is 1510. The normalized spacial score (nSPS) is 11.1. The van der Waals surface area contributed by atoms with Gasteiger partial charge in [-0.3, -0.25) is 4.18 Å². The first-order chi connectivity index (χ1) is 16.3. The second-order valence-corrected chi connectivity index (χ2v) is 10.1. The molecule has 0 saturated carbocycles. The number of nitrogens with zero attached hydrogens (tertiary/aromatic N) is 2. The number of rotatable bonds is 7. The third-order valence-electron chi connectivity index (χ3n) is 4.36. The van der Waals surface area contributed by atoms with E-state index in [1.165, 1.54) is 29.8 Å². The Hall–Kier alpha value is -3.23. The second kappa shape index (κ2) is 10.4. The van der Waals surface area contributed by atoms with Crippen LogP contribution in [0.25, 0.3) is 10.2 Å². The molecule has 0 aliphatic carbocycles. The van der Waals surface area contributed by atoms with Crippen molar-refractivity contribution < 1.29 is 21.7 Å². The molecule has 11 heteroatoms. The summed E-state index contributed by atoms with van der Waals surface area (Å²) < 4.78 is 45.7. The molecule has 0 amide bonds. The van der Waals surface area contributed by atoms with E-state index < -0.39 is 10.1 Å². The summed E-state index contributed by atoms with van der Waals surface area (Å²) in [5, 5.41) is 4.35. The standard InChI is InChI=1S/C23H17ClFN3O4S2/c1-34(29,30)32-9-3-6-18-12-19-22(26-14-27-23(19)33-18)28-17-7-8-21(20(24)11-17)31-13-15-4-2-5-16(25)10-15/h2,4-5,7-8,10-12,14H,9,13H2,1H3,(H,26,27,28). The van der Waals surface area contributed by atoms with Crippen molar-refractivity contribution in [3.8, 4) is 17.6 Å². The summed E-state index contributed by atoms with van der Waals surface area (Å²) in [6.45, 7) is -0.0409. The summed E-state index contributed by atoms with van der Waals surface area (Å²) in [5.41, 5.74) is 1.38. The van der Waals surface area contributed by atoms with E-state index in [4.69, 9.17) is 16.3 Å². The van der Waals surface area contributed by atoms with Gasteiger partial charge in [-0.25, -0.2) is 14.4 Å². The van der Waals surface area contributed by atoms with Crippen molar-refractivity contribution in [1.29, 1.82) is 0 Å². The third kappa shape index (κ3) is 6.42. The highest BCUT2D eigenvalue weighted by Gasteiger charge is 2.10. The van der Waals surface area contributed by atoms with Gasteiger partial charge in [0.1, 0.15) is 41.8 Å². The van der Waals surface area contributed by atoms with Gasteiger partial charge in [-0.15, -0.1) is 11.3 Å². The molecular formula is C23H17ClFN3O4S2. The van der Waals surface area contributed by atoms with Gasteiger partial charge in [0.15, 0.2) is 0 Å². The summed E-state index contributed by atoms with van der Waals surface area (Å²) in [4.78, 5) is 9.97. The van der Waals surface area contributed by atoms with E-state index in [0.29, 0.717) is 37.5 Å².